The van der Waals surface area contributed by atoms with Crippen molar-refractivity contribution in [3.63, 3.8) is 0 Å². The summed E-state index contributed by atoms with van der Waals surface area (Å²) in [5.74, 6) is 1.75. The van der Waals surface area contributed by atoms with E-state index >= 15 is 0 Å². The maximum absolute atomic E-state index is 7.05. The van der Waals surface area contributed by atoms with Crippen molar-refractivity contribution in [1.29, 1.82) is 0 Å². The van der Waals surface area contributed by atoms with Crippen molar-refractivity contribution in [2.45, 2.75) is 136 Å². The molecule has 0 saturated heterocycles. The van der Waals surface area contributed by atoms with E-state index in [-0.39, 0.29) is 11.1 Å². The normalized spacial score (nSPS) is 18.2. The molecular weight excluding hydrogens is 359 g/mol. The van der Waals surface area contributed by atoms with Crippen LogP contribution in [0.4, 0.5) is 0 Å². The van der Waals surface area contributed by atoms with Gasteiger partial charge in [0, 0.05) is 0 Å². The highest BCUT2D eigenvalue weighted by Crippen LogP contribution is 2.41. The molecule has 4 heteroatoms. The second-order valence-corrected chi connectivity index (χ2v) is 15.2. The quantitative estimate of drug-likeness (QED) is 0.238. The zero-order chi connectivity index (χ0) is 21.2. The van der Waals surface area contributed by atoms with Gasteiger partial charge >= 0.3 is 6.92 Å². The van der Waals surface area contributed by atoms with Crippen LogP contribution in [0.25, 0.3) is 0 Å². The first kappa shape index (κ1) is 25.8. The number of rotatable bonds is 12. The number of hydrogen-bond acceptors (Lipinski definition) is 2. The molecule has 0 spiro atoms. The van der Waals surface area contributed by atoms with Crippen molar-refractivity contribution in [2.75, 3.05) is 0 Å². The van der Waals surface area contributed by atoms with Crippen LogP contribution in [0.3, 0.4) is 0 Å². The molecule has 0 N–H and O–H groups in total. The van der Waals surface area contributed by atoms with Crippen LogP contribution in [-0.2, 0) is 9.08 Å². The molecule has 1 fully saturated rings. The van der Waals surface area contributed by atoms with Crippen molar-refractivity contribution in [1.82, 2.24) is 0 Å². The monoisotopic (exact) mass is 408 g/mol. The predicted octanol–water partition coefficient (Wildman–Crippen LogP) is 8.47. The molecule has 2 nitrogen and oxygen atoms in total. The van der Waals surface area contributed by atoms with Gasteiger partial charge in [-0.2, -0.15) is 0 Å². The summed E-state index contributed by atoms with van der Waals surface area (Å²) in [6.07, 6.45) is 16.3. The molecular formula is C24H49BO2Si. The fourth-order valence-electron chi connectivity index (χ4n) is 3.94. The van der Waals surface area contributed by atoms with Crippen molar-refractivity contribution < 1.29 is 9.08 Å². The molecule has 1 rings (SSSR count). The molecule has 1 saturated carbocycles. The van der Waals surface area contributed by atoms with Gasteiger partial charge in [-0.15, -0.1) is 0 Å². The lowest BCUT2D eigenvalue weighted by Gasteiger charge is -2.43. The van der Waals surface area contributed by atoms with Gasteiger partial charge in [-0.05, 0) is 62.5 Å². The number of allylic oxidation sites excluding steroid dienone is 1. The van der Waals surface area contributed by atoms with E-state index < -0.39 is 8.32 Å². The maximum Gasteiger partial charge on any atom is 0.357 e. The van der Waals surface area contributed by atoms with Gasteiger partial charge in [0.15, 0.2) is 8.32 Å². The first-order chi connectivity index (χ1) is 13.2. The van der Waals surface area contributed by atoms with Crippen LogP contribution in [-0.4, -0.2) is 21.3 Å². The highest BCUT2D eigenvalue weighted by Gasteiger charge is 2.42. The van der Waals surface area contributed by atoms with E-state index in [1.807, 2.05) is 0 Å². The predicted molar refractivity (Wildman–Crippen MR) is 129 cm³/mol. The Morgan fingerprint density at radius 2 is 1.57 bits per heavy atom. The van der Waals surface area contributed by atoms with Gasteiger partial charge < -0.3 is 9.08 Å². The third-order valence-electron chi connectivity index (χ3n) is 6.93. The Morgan fingerprint density at radius 1 is 1.04 bits per heavy atom. The minimum atomic E-state index is -1.85. The van der Waals surface area contributed by atoms with Gasteiger partial charge in [0.2, 0.25) is 0 Å². The molecule has 0 unspecified atom stereocenters. The maximum atomic E-state index is 7.05. The lowest BCUT2D eigenvalue weighted by atomic mass is 9.59. The van der Waals surface area contributed by atoms with Gasteiger partial charge in [-0.1, -0.05) is 79.6 Å². The van der Waals surface area contributed by atoms with Crippen LogP contribution in [0.5, 0.6) is 0 Å². The van der Waals surface area contributed by atoms with E-state index in [9.17, 15) is 0 Å². The van der Waals surface area contributed by atoms with Crippen molar-refractivity contribution in [3.05, 3.63) is 11.8 Å². The standard InChI is InChI=1S/C24H49BO2Si/c1-9-12-19-25(20-13-10-2)26-22(11-3)23(21-17-15-14-16-18-21)27-28(7,8)24(4,5)6/h11,21,23H,9-10,12-20H2,1-8H3/b22-11-/t23-/m0/s1. The van der Waals surface area contributed by atoms with Gasteiger partial charge in [0.1, 0.15) is 6.10 Å². The Bertz CT molecular complexity index is 442. The molecule has 0 heterocycles. The Labute approximate surface area is 178 Å². The highest BCUT2D eigenvalue weighted by molar-refractivity contribution is 6.74. The number of hydrogen-bond donors (Lipinski definition) is 0. The Kier molecular flexibility index (Phi) is 11.5. The minimum absolute atomic E-state index is 0.150. The van der Waals surface area contributed by atoms with Crippen LogP contribution in [0.15, 0.2) is 11.8 Å². The second-order valence-electron chi connectivity index (χ2n) is 10.4. The van der Waals surface area contributed by atoms with E-state index in [1.54, 1.807) is 0 Å². The van der Waals surface area contributed by atoms with Crippen molar-refractivity contribution in [3.8, 4) is 0 Å². The first-order valence-corrected chi connectivity index (χ1v) is 15.1. The van der Waals surface area contributed by atoms with Gasteiger partial charge in [0.05, 0.1) is 5.76 Å². The lowest BCUT2D eigenvalue weighted by Crippen LogP contribution is -2.47. The molecule has 1 aliphatic rings. The van der Waals surface area contributed by atoms with Crippen molar-refractivity contribution in [2.24, 2.45) is 5.92 Å². The summed E-state index contributed by atoms with van der Waals surface area (Å²) < 4.78 is 13.8. The minimum Gasteiger partial charge on any atom is -0.562 e. The lowest BCUT2D eigenvalue weighted by molar-refractivity contribution is 0.0892. The molecule has 0 aromatic rings. The topological polar surface area (TPSA) is 18.5 Å². The SMILES string of the molecule is C/C=C(\OB(CCCC)CCCC)[C@@H](O[Si](C)(C)C(C)(C)C)C1CCCCC1. The van der Waals surface area contributed by atoms with Gasteiger partial charge in [-0.25, -0.2) is 0 Å². The Balaban J connectivity index is 3.02. The summed E-state index contributed by atoms with van der Waals surface area (Å²) in [5, 5.41) is 0.225. The zero-order valence-electron chi connectivity index (χ0n) is 20.4. The summed E-state index contributed by atoms with van der Waals surface area (Å²) in [6, 6.07) is 0. The molecule has 0 bridgehead atoms. The molecule has 0 aromatic heterocycles. The van der Waals surface area contributed by atoms with E-state index in [1.165, 1.54) is 70.4 Å². The van der Waals surface area contributed by atoms with Crippen LogP contribution in [0, 0.1) is 5.92 Å². The zero-order valence-corrected chi connectivity index (χ0v) is 21.4. The average molecular weight is 409 g/mol. The van der Waals surface area contributed by atoms with E-state index in [0.29, 0.717) is 12.8 Å². The Morgan fingerprint density at radius 3 is 2.00 bits per heavy atom. The summed E-state index contributed by atoms with van der Waals surface area (Å²) in [7, 11) is -1.85. The van der Waals surface area contributed by atoms with Crippen LogP contribution >= 0.6 is 0 Å². The van der Waals surface area contributed by atoms with Crippen LogP contribution in [0.2, 0.25) is 30.8 Å². The van der Waals surface area contributed by atoms with Gasteiger partial charge in [-0.3, -0.25) is 0 Å². The molecule has 28 heavy (non-hydrogen) atoms. The largest absolute Gasteiger partial charge is 0.562 e. The van der Waals surface area contributed by atoms with Gasteiger partial charge in [0.25, 0.3) is 0 Å². The highest BCUT2D eigenvalue weighted by atomic mass is 28.4. The fraction of sp³-hybridized carbons (Fsp3) is 0.917. The molecule has 0 aliphatic heterocycles. The molecule has 1 atom stereocenters. The van der Waals surface area contributed by atoms with E-state index in [2.05, 4.69) is 60.7 Å². The summed E-state index contributed by atoms with van der Waals surface area (Å²) in [5.41, 5.74) is 0. The summed E-state index contributed by atoms with van der Waals surface area (Å²) >= 11 is 0. The molecule has 0 aromatic carbocycles. The Hall–Kier alpha value is -0.218. The molecule has 0 radical (unpaired) electrons. The average Bonchev–Trinajstić information content (AvgIpc) is 2.65. The molecule has 1 aliphatic carbocycles. The molecule has 0 amide bonds. The smallest absolute Gasteiger partial charge is 0.357 e. The third kappa shape index (κ3) is 8.26. The summed E-state index contributed by atoms with van der Waals surface area (Å²) in [6.45, 7) is 18.9. The number of unbranched alkanes of at least 4 members (excludes halogenated alkanes) is 2. The first-order valence-electron chi connectivity index (χ1n) is 12.2. The third-order valence-corrected chi connectivity index (χ3v) is 11.4. The molecule has 164 valence electrons. The summed E-state index contributed by atoms with van der Waals surface area (Å²) in [4.78, 5) is 0. The van der Waals surface area contributed by atoms with Crippen molar-refractivity contribution >= 4 is 15.2 Å². The van der Waals surface area contributed by atoms with E-state index in [4.69, 9.17) is 9.08 Å². The van der Waals surface area contributed by atoms with E-state index in [0.717, 1.165) is 5.76 Å². The second kappa shape index (κ2) is 12.5. The van der Waals surface area contributed by atoms with Crippen LogP contribution in [0.1, 0.15) is 99.3 Å². The van der Waals surface area contributed by atoms with Crippen LogP contribution < -0.4 is 0 Å². The fourth-order valence-corrected chi connectivity index (χ4v) is 5.23.